The fraction of sp³-hybridized carbons (Fsp3) is 0.900. The molecule has 0 aliphatic carbocycles. The van der Waals surface area contributed by atoms with Crippen molar-refractivity contribution >= 4 is 5.91 Å². The van der Waals surface area contributed by atoms with Gasteiger partial charge in [-0.25, -0.2) is 0 Å². The summed E-state index contributed by atoms with van der Waals surface area (Å²) in [6.45, 7) is 8.67. The van der Waals surface area contributed by atoms with E-state index in [1.165, 1.54) is 0 Å². The number of hydrogen-bond acceptors (Lipinski definition) is 3. The van der Waals surface area contributed by atoms with Gasteiger partial charge < -0.3 is 16.0 Å². The predicted octanol–water partition coefficient (Wildman–Crippen LogP) is 0.182. The average molecular weight is 201 g/mol. The van der Waals surface area contributed by atoms with Gasteiger partial charge in [0.15, 0.2) is 0 Å². The number of nitrogens with one attached hydrogen (secondary N) is 1. The van der Waals surface area contributed by atoms with Gasteiger partial charge in [0.2, 0.25) is 5.91 Å². The van der Waals surface area contributed by atoms with Crippen molar-refractivity contribution in [3.8, 4) is 0 Å². The van der Waals surface area contributed by atoms with E-state index >= 15 is 0 Å². The number of carbonyl (C=O) groups excluding carboxylic acids is 1. The largest absolute Gasteiger partial charge is 0.368 e. The van der Waals surface area contributed by atoms with Crippen LogP contribution in [-0.2, 0) is 4.79 Å². The Labute approximate surface area is 86.8 Å². The Balaban J connectivity index is 4.34. The minimum Gasteiger partial charge on any atom is -0.368 e. The lowest BCUT2D eigenvalue weighted by molar-refractivity contribution is -0.124. The van der Waals surface area contributed by atoms with E-state index in [-0.39, 0.29) is 5.91 Å². The van der Waals surface area contributed by atoms with E-state index in [4.69, 9.17) is 5.73 Å². The van der Waals surface area contributed by atoms with Crippen LogP contribution in [0, 0.1) is 0 Å². The zero-order valence-corrected chi connectivity index (χ0v) is 9.76. The number of nitrogens with two attached hydrogens (primary N) is 1. The molecular weight excluding hydrogens is 178 g/mol. The second kappa shape index (κ2) is 5.98. The molecule has 0 aromatic carbocycles. The molecule has 1 atom stereocenters. The van der Waals surface area contributed by atoms with Crippen molar-refractivity contribution in [1.29, 1.82) is 0 Å². The third-order valence-corrected chi connectivity index (χ3v) is 2.62. The van der Waals surface area contributed by atoms with Gasteiger partial charge in [0.25, 0.3) is 0 Å². The van der Waals surface area contributed by atoms with Crippen LogP contribution in [0.4, 0.5) is 0 Å². The van der Waals surface area contributed by atoms with Crippen LogP contribution in [-0.4, -0.2) is 43.0 Å². The summed E-state index contributed by atoms with van der Waals surface area (Å²) >= 11 is 0. The number of carbonyl (C=O) groups is 1. The van der Waals surface area contributed by atoms with E-state index < -0.39 is 5.54 Å². The van der Waals surface area contributed by atoms with E-state index in [0.29, 0.717) is 6.54 Å². The molecule has 0 radical (unpaired) electrons. The molecule has 84 valence electrons. The summed E-state index contributed by atoms with van der Waals surface area (Å²) in [6.07, 6.45) is 1.09. The molecule has 4 nitrogen and oxygen atoms in total. The normalized spacial score (nSPS) is 15.5. The average Bonchev–Trinajstić information content (AvgIpc) is 2.16. The van der Waals surface area contributed by atoms with Gasteiger partial charge in [-0.2, -0.15) is 0 Å². The first-order valence-corrected chi connectivity index (χ1v) is 5.21. The maximum atomic E-state index is 11.2. The monoisotopic (exact) mass is 201 g/mol. The first-order chi connectivity index (χ1) is 6.50. The summed E-state index contributed by atoms with van der Waals surface area (Å²) in [5, 5.41) is 2.98. The van der Waals surface area contributed by atoms with Crippen molar-refractivity contribution in [2.75, 3.05) is 26.7 Å². The van der Waals surface area contributed by atoms with Crippen molar-refractivity contribution in [2.24, 2.45) is 5.73 Å². The van der Waals surface area contributed by atoms with Gasteiger partial charge in [-0.15, -0.1) is 0 Å². The van der Waals surface area contributed by atoms with Gasteiger partial charge in [0.1, 0.15) is 5.54 Å². The van der Waals surface area contributed by atoms with Crippen LogP contribution in [0.1, 0.15) is 27.2 Å². The number of rotatable bonds is 7. The number of likely N-dealkylation sites (N-methyl/N-ethyl adjacent to an activating group) is 2. The molecule has 0 aromatic heterocycles. The molecule has 0 saturated carbocycles. The molecular formula is C10H23N3O. The van der Waals surface area contributed by atoms with Crippen LogP contribution in [0.3, 0.4) is 0 Å². The van der Waals surface area contributed by atoms with Gasteiger partial charge in [0.05, 0.1) is 0 Å². The third kappa shape index (κ3) is 3.64. The van der Waals surface area contributed by atoms with Crippen LogP contribution >= 0.6 is 0 Å². The first kappa shape index (κ1) is 13.4. The molecule has 1 amide bonds. The molecule has 1 unspecified atom stereocenters. The van der Waals surface area contributed by atoms with E-state index in [1.807, 2.05) is 6.92 Å². The summed E-state index contributed by atoms with van der Waals surface area (Å²) in [4.78, 5) is 13.5. The van der Waals surface area contributed by atoms with Crippen molar-refractivity contribution in [1.82, 2.24) is 10.2 Å². The highest BCUT2D eigenvalue weighted by Crippen LogP contribution is 2.06. The lowest BCUT2D eigenvalue weighted by Crippen LogP contribution is -2.58. The Morgan fingerprint density at radius 3 is 2.36 bits per heavy atom. The SMILES string of the molecule is CCCN(CC)CC(C)(NC)C(N)=O. The zero-order valence-electron chi connectivity index (χ0n) is 9.76. The Hall–Kier alpha value is -0.610. The topological polar surface area (TPSA) is 58.4 Å². The van der Waals surface area contributed by atoms with Gasteiger partial charge >= 0.3 is 0 Å². The maximum absolute atomic E-state index is 11.2. The van der Waals surface area contributed by atoms with Crippen molar-refractivity contribution in [3.63, 3.8) is 0 Å². The van der Waals surface area contributed by atoms with E-state index in [9.17, 15) is 4.79 Å². The molecule has 4 heteroatoms. The Morgan fingerprint density at radius 2 is 2.07 bits per heavy atom. The summed E-state index contributed by atoms with van der Waals surface area (Å²) in [5.41, 5.74) is 4.73. The highest BCUT2D eigenvalue weighted by Gasteiger charge is 2.30. The Bertz CT molecular complexity index is 184. The summed E-state index contributed by atoms with van der Waals surface area (Å²) in [6, 6.07) is 0. The third-order valence-electron chi connectivity index (χ3n) is 2.62. The molecule has 14 heavy (non-hydrogen) atoms. The Kier molecular flexibility index (Phi) is 5.72. The standard InChI is InChI=1S/C10H23N3O/c1-5-7-13(6-2)8-10(3,12-4)9(11)14/h12H,5-8H2,1-4H3,(H2,11,14). The molecule has 0 rings (SSSR count). The molecule has 0 spiro atoms. The highest BCUT2D eigenvalue weighted by atomic mass is 16.1. The van der Waals surface area contributed by atoms with Gasteiger partial charge in [-0.05, 0) is 33.5 Å². The van der Waals surface area contributed by atoms with Crippen LogP contribution in [0.2, 0.25) is 0 Å². The molecule has 0 saturated heterocycles. The van der Waals surface area contributed by atoms with Crippen LogP contribution in [0.5, 0.6) is 0 Å². The maximum Gasteiger partial charge on any atom is 0.238 e. The van der Waals surface area contributed by atoms with Crippen molar-refractivity contribution in [2.45, 2.75) is 32.7 Å². The number of hydrogen-bond donors (Lipinski definition) is 2. The van der Waals surface area contributed by atoms with Gasteiger partial charge in [-0.1, -0.05) is 13.8 Å². The lowest BCUT2D eigenvalue weighted by Gasteiger charge is -2.32. The smallest absolute Gasteiger partial charge is 0.238 e. The first-order valence-electron chi connectivity index (χ1n) is 5.21. The minimum atomic E-state index is -0.620. The summed E-state index contributed by atoms with van der Waals surface area (Å²) < 4.78 is 0. The predicted molar refractivity (Wildman–Crippen MR) is 59.1 cm³/mol. The van der Waals surface area contributed by atoms with Crippen LogP contribution in [0.15, 0.2) is 0 Å². The number of nitrogens with zero attached hydrogens (tertiary/aromatic N) is 1. The molecule has 0 bridgehead atoms. The fourth-order valence-corrected chi connectivity index (χ4v) is 1.39. The fourth-order valence-electron chi connectivity index (χ4n) is 1.39. The van der Waals surface area contributed by atoms with Crippen LogP contribution < -0.4 is 11.1 Å². The molecule has 0 aliphatic heterocycles. The second-order valence-corrected chi connectivity index (χ2v) is 3.82. The number of amides is 1. The van der Waals surface area contributed by atoms with E-state index in [1.54, 1.807) is 7.05 Å². The highest BCUT2D eigenvalue weighted by molar-refractivity contribution is 5.84. The second-order valence-electron chi connectivity index (χ2n) is 3.82. The van der Waals surface area contributed by atoms with Gasteiger partial charge in [-0.3, -0.25) is 4.79 Å². The van der Waals surface area contributed by atoms with Crippen LogP contribution in [0.25, 0.3) is 0 Å². The van der Waals surface area contributed by atoms with Crippen molar-refractivity contribution in [3.05, 3.63) is 0 Å². The molecule has 0 fully saturated rings. The quantitative estimate of drug-likeness (QED) is 0.618. The van der Waals surface area contributed by atoms with Crippen molar-refractivity contribution < 1.29 is 4.79 Å². The lowest BCUT2D eigenvalue weighted by atomic mass is 10.0. The summed E-state index contributed by atoms with van der Waals surface area (Å²) in [5.74, 6) is -0.297. The zero-order chi connectivity index (χ0) is 11.2. The summed E-state index contributed by atoms with van der Waals surface area (Å²) in [7, 11) is 1.77. The minimum absolute atomic E-state index is 0.297. The molecule has 0 heterocycles. The number of primary amides is 1. The van der Waals surface area contributed by atoms with E-state index in [2.05, 4.69) is 24.1 Å². The van der Waals surface area contributed by atoms with E-state index in [0.717, 1.165) is 19.5 Å². The molecule has 0 aromatic rings. The molecule has 0 aliphatic rings. The Morgan fingerprint density at radius 1 is 1.50 bits per heavy atom. The molecule has 3 N–H and O–H groups in total. The van der Waals surface area contributed by atoms with Gasteiger partial charge in [0, 0.05) is 6.54 Å².